The van der Waals surface area contributed by atoms with E-state index in [-0.39, 0.29) is 6.04 Å². The number of rotatable bonds is 1. The fourth-order valence-corrected chi connectivity index (χ4v) is 1.62. The molecule has 2 N–H and O–H groups in total. The average Bonchev–Trinajstić information content (AvgIpc) is 2.45. The van der Waals surface area contributed by atoms with E-state index in [1.165, 1.54) is 0 Å². The lowest BCUT2D eigenvalue weighted by molar-refractivity contribution is 0.726. The van der Waals surface area contributed by atoms with Crippen LogP contribution in [0.3, 0.4) is 0 Å². The smallest absolute Gasteiger partial charge is 0.0884 e. The van der Waals surface area contributed by atoms with E-state index in [0.29, 0.717) is 0 Å². The van der Waals surface area contributed by atoms with Gasteiger partial charge in [-0.2, -0.15) is 0 Å². The van der Waals surface area contributed by atoms with Crippen molar-refractivity contribution in [2.75, 3.05) is 0 Å². The quantitative estimate of drug-likeness (QED) is 0.715. The summed E-state index contributed by atoms with van der Waals surface area (Å²) in [5, 5.41) is 0. The summed E-state index contributed by atoms with van der Waals surface area (Å²) >= 11 is 0. The second-order valence-corrected chi connectivity index (χ2v) is 3.32. The topological polar surface area (TPSA) is 43.8 Å². The highest BCUT2D eigenvalue weighted by Crippen LogP contribution is 2.19. The number of nitrogens with zero attached hydrogens (tertiary/aromatic N) is 2. The van der Waals surface area contributed by atoms with Crippen molar-refractivity contribution in [2.45, 2.75) is 13.0 Å². The Bertz CT molecular complexity index is 429. The van der Waals surface area contributed by atoms with Crippen LogP contribution in [0.1, 0.15) is 18.7 Å². The summed E-state index contributed by atoms with van der Waals surface area (Å²) in [6, 6.07) is 6.08. The molecule has 2 rings (SSSR count). The monoisotopic (exact) mass is 175 g/mol. The molecule has 2 aromatic heterocycles. The Morgan fingerprint density at radius 2 is 2.31 bits per heavy atom. The first kappa shape index (κ1) is 8.26. The first-order valence-corrected chi connectivity index (χ1v) is 4.36. The number of nitrogens with two attached hydrogens (primary N) is 1. The largest absolute Gasteiger partial charge is 0.345 e. The molecular weight excluding hydrogens is 162 g/mol. The summed E-state index contributed by atoms with van der Waals surface area (Å²) in [5.41, 5.74) is 9.09. The molecule has 0 saturated heterocycles. The molecule has 2 aromatic rings. The van der Waals surface area contributed by atoms with Crippen LogP contribution >= 0.6 is 0 Å². The zero-order chi connectivity index (χ0) is 9.42. The van der Waals surface area contributed by atoms with Crippen molar-refractivity contribution < 1.29 is 0 Å². The van der Waals surface area contributed by atoms with Crippen molar-refractivity contribution in [3.63, 3.8) is 0 Å². The minimum Gasteiger partial charge on any atom is -0.345 e. The van der Waals surface area contributed by atoms with E-state index in [1.54, 1.807) is 6.20 Å². The van der Waals surface area contributed by atoms with Crippen LogP contribution in [0.25, 0.3) is 11.0 Å². The Labute approximate surface area is 77.2 Å². The Morgan fingerprint density at radius 1 is 1.54 bits per heavy atom. The van der Waals surface area contributed by atoms with Gasteiger partial charge in [-0.3, -0.25) is 4.98 Å². The molecule has 13 heavy (non-hydrogen) atoms. The fourth-order valence-electron chi connectivity index (χ4n) is 1.62. The Balaban J connectivity index is 2.74. The third-order valence-corrected chi connectivity index (χ3v) is 2.32. The van der Waals surface area contributed by atoms with Gasteiger partial charge in [0.05, 0.1) is 11.0 Å². The molecule has 3 nitrogen and oxygen atoms in total. The summed E-state index contributed by atoms with van der Waals surface area (Å²) in [4.78, 5) is 4.27. The average molecular weight is 175 g/mol. The number of pyridine rings is 1. The fraction of sp³-hybridized carbons (Fsp3) is 0.300. The SMILES string of the molecule is CC(N)c1cc2ncccc2n1C. The van der Waals surface area contributed by atoms with Gasteiger partial charge in [0.2, 0.25) is 0 Å². The summed E-state index contributed by atoms with van der Waals surface area (Å²) in [6.45, 7) is 1.98. The van der Waals surface area contributed by atoms with E-state index >= 15 is 0 Å². The lowest BCUT2D eigenvalue weighted by Crippen LogP contribution is -2.09. The van der Waals surface area contributed by atoms with Crippen LogP contribution in [0.2, 0.25) is 0 Å². The number of aryl methyl sites for hydroxylation is 1. The number of hydrogen-bond donors (Lipinski definition) is 1. The molecule has 1 atom stereocenters. The van der Waals surface area contributed by atoms with Crippen molar-refractivity contribution in [3.8, 4) is 0 Å². The first-order chi connectivity index (χ1) is 6.20. The Hall–Kier alpha value is -1.35. The highest BCUT2D eigenvalue weighted by Gasteiger charge is 2.08. The molecule has 0 bridgehead atoms. The van der Waals surface area contributed by atoms with Gasteiger partial charge >= 0.3 is 0 Å². The minimum atomic E-state index is 0.0548. The highest BCUT2D eigenvalue weighted by atomic mass is 15.0. The van der Waals surface area contributed by atoms with E-state index in [2.05, 4.69) is 9.55 Å². The van der Waals surface area contributed by atoms with Gasteiger partial charge in [0, 0.05) is 25.0 Å². The molecule has 0 aliphatic carbocycles. The van der Waals surface area contributed by atoms with Crippen LogP contribution < -0.4 is 5.73 Å². The summed E-state index contributed by atoms with van der Waals surface area (Å²) < 4.78 is 2.09. The van der Waals surface area contributed by atoms with Crippen molar-refractivity contribution >= 4 is 11.0 Å². The standard InChI is InChI=1S/C10H13N3/c1-7(11)10-6-8-9(13(10)2)4-3-5-12-8/h3-7H,11H2,1-2H3. The molecule has 0 spiro atoms. The van der Waals surface area contributed by atoms with E-state index in [4.69, 9.17) is 5.73 Å². The molecule has 2 heterocycles. The summed E-state index contributed by atoms with van der Waals surface area (Å²) in [7, 11) is 2.02. The van der Waals surface area contributed by atoms with Crippen LogP contribution in [0.5, 0.6) is 0 Å². The van der Waals surface area contributed by atoms with Crippen LogP contribution in [-0.2, 0) is 7.05 Å². The molecule has 0 aliphatic heterocycles. The number of aromatic nitrogens is 2. The minimum absolute atomic E-state index is 0.0548. The predicted octanol–water partition coefficient (Wildman–Crippen LogP) is 1.59. The molecule has 1 unspecified atom stereocenters. The maximum absolute atomic E-state index is 5.83. The second kappa shape index (κ2) is 2.85. The van der Waals surface area contributed by atoms with Crippen molar-refractivity contribution in [1.82, 2.24) is 9.55 Å². The third kappa shape index (κ3) is 1.21. The Kier molecular flexibility index (Phi) is 1.81. The van der Waals surface area contributed by atoms with Gasteiger partial charge in [-0.25, -0.2) is 0 Å². The molecule has 0 radical (unpaired) electrons. The van der Waals surface area contributed by atoms with E-state index in [9.17, 15) is 0 Å². The lowest BCUT2D eigenvalue weighted by atomic mass is 10.2. The highest BCUT2D eigenvalue weighted by molar-refractivity contribution is 5.76. The summed E-state index contributed by atoms with van der Waals surface area (Å²) in [6.07, 6.45) is 1.80. The Morgan fingerprint density at radius 3 is 2.92 bits per heavy atom. The van der Waals surface area contributed by atoms with Crippen molar-refractivity contribution in [1.29, 1.82) is 0 Å². The first-order valence-electron chi connectivity index (χ1n) is 4.36. The van der Waals surface area contributed by atoms with Gasteiger partial charge in [0.25, 0.3) is 0 Å². The maximum atomic E-state index is 5.83. The summed E-state index contributed by atoms with van der Waals surface area (Å²) in [5.74, 6) is 0. The maximum Gasteiger partial charge on any atom is 0.0884 e. The van der Waals surface area contributed by atoms with Crippen molar-refractivity contribution in [3.05, 3.63) is 30.1 Å². The zero-order valence-electron chi connectivity index (χ0n) is 7.86. The molecule has 3 heteroatoms. The van der Waals surface area contributed by atoms with Gasteiger partial charge < -0.3 is 10.3 Å². The molecular formula is C10H13N3. The van der Waals surface area contributed by atoms with Crippen LogP contribution in [0.15, 0.2) is 24.4 Å². The van der Waals surface area contributed by atoms with Gasteiger partial charge in [0.15, 0.2) is 0 Å². The van der Waals surface area contributed by atoms with Gasteiger partial charge in [-0.15, -0.1) is 0 Å². The van der Waals surface area contributed by atoms with Gasteiger partial charge in [-0.1, -0.05) is 0 Å². The third-order valence-electron chi connectivity index (χ3n) is 2.32. The molecule has 0 fully saturated rings. The van der Waals surface area contributed by atoms with Gasteiger partial charge in [-0.05, 0) is 25.1 Å². The predicted molar refractivity (Wildman–Crippen MR) is 53.3 cm³/mol. The van der Waals surface area contributed by atoms with Crippen LogP contribution in [0, 0.1) is 0 Å². The lowest BCUT2D eigenvalue weighted by Gasteiger charge is -2.06. The van der Waals surface area contributed by atoms with Crippen LogP contribution in [-0.4, -0.2) is 9.55 Å². The van der Waals surface area contributed by atoms with Crippen molar-refractivity contribution in [2.24, 2.45) is 12.8 Å². The van der Waals surface area contributed by atoms with E-state index in [0.717, 1.165) is 16.7 Å². The van der Waals surface area contributed by atoms with Crippen LogP contribution in [0.4, 0.5) is 0 Å². The molecule has 0 amide bonds. The second-order valence-electron chi connectivity index (χ2n) is 3.32. The van der Waals surface area contributed by atoms with E-state index < -0.39 is 0 Å². The molecule has 0 saturated carbocycles. The van der Waals surface area contributed by atoms with E-state index in [1.807, 2.05) is 32.2 Å². The zero-order valence-corrected chi connectivity index (χ0v) is 7.86. The molecule has 68 valence electrons. The normalized spacial score (nSPS) is 13.5. The van der Waals surface area contributed by atoms with Gasteiger partial charge in [0.1, 0.15) is 0 Å². The number of hydrogen-bond acceptors (Lipinski definition) is 2. The molecule has 0 aliphatic rings. The number of fused-ring (bicyclic) bond motifs is 1. The molecule has 0 aromatic carbocycles.